The number of nitrogens with one attached hydrogen (secondary N) is 1. The molecule has 1 amide bonds. The molecule has 0 fully saturated rings. The topological polar surface area (TPSA) is 89.3 Å². The van der Waals surface area contributed by atoms with Crippen molar-refractivity contribution in [1.82, 2.24) is 0 Å². The van der Waals surface area contributed by atoms with Crippen LogP contribution in [-0.4, -0.2) is 16.6 Å². The Kier molecular flexibility index (Phi) is 4.99. The highest BCUT2D eigenvalue weighted by Crippen LogP contribution is 2.15. The predicted molar refractivity (Wildman–Crippen MR) is 87.2 cm³/mol. The summed E-state index contributed by atoms with van der Waals surface area (Å²) < 4.78 is 0. The van der Waals surface area contributed by atoms with Crippen molar-refractivity contribution in [3.63, 3.8) is 0 Å². The second-order valence-corrected chi connectivity index (χ2v) is 4.81. The number of carbonyl (C=O) groups is 2. The molecule has 116 valence electrons. The Balaban J connectivity index is 2.07. The van der Waals surface area contributed by atoms with Crippen LogP contribution < -0.4 is 5.32 Å². The molecule has 2 aromatic carbocycles. The molecule has 2 rings (SSSR count). The van der Waals surface area contributed by atoms with Gasteiger partial charge in [-0.05, 0) is 30.7 Å². The second-order valence-electron chi connectivity index (χ2n) is 4.81. The number of ketones is 1. The Morgan fingerprint density at radius 3 is 2.57 bits per heavy atom. The molecular weight excluding hydrogens is 296 g/mol. The molecule has 0 atom stereocenters. The first-order valence-corrected chi connectivity index (χ1v) is 6.80. The van der Waals surface area contributed by atoms with Crippen LogP contribution in [0.25, 0.3) is 6.08 Å². The van der Waals surface area contributed by atoms with Crippen molar-refractivity contribution in [1.29, 1.82) is 0 Å². The van der Waals surface area contributed by atoms with Crippen molar-refractivity contribution in [2.24, 2.45) is 0 Å². The van der Waals surface area contributed by atoms with E-state index in [0.29, 0.717) is 16.8 Å². The summed E-state index contributed by atoms with van der Waals surface area (Å²) in [7, 11) is 0. The summed E-state index contributed by atoms with van der Waals surface area (Å²) in [6.45, 7) is 1.45. The first kappa shape index (κ1) is 16.1. The van der Waals surface area contributed by atoms with Crippen LogP contribution in [0.15, 0.2) is 54.6 Å². The van der Waals surface area contributed by atoms with Gasteiger partial charge in [-0.15, -0.1) is 0 Å². The Bertz CT molecular complexity index is 797. The fourth-order valence-electron chi connectivity index (χ4n) is 1.91. The van der Waals surface area contributed by atoms with Crippen LogP contribution in [0.2, 0.25) is 0 Å². The molecule has 6 heteroatoms. The standard InChI is InChI=1S/C17H14N2O4/c1-12(20)14-5-3-6-15(11-14)18-17(21)9-8-13-4-2-7-16(10-13)19(22)23/h2-11H,1H3,(H,18,21)/b9-8+. The SMILES string of the molecule is CC(=O)c1cccc(NC(=O)/C=C/c2cccc([N+](=O)[O-])c2)c1. The van der Waals surface area contributed by atoms with Crippen molar-refractivity contribution in [2.75, 3.05) is 5.32 Å². The van der Waals surface area contributed by atoms with Crippen molar-refractivity contribution < 1.29 is 14.5 Å². The Morgan fingerprint density at radius 1 is 1.13 bits per heavy atom. The summed E-state index contributed by atoms with van der Waals surface area (Å²) in [5.74, 6) is -0.481. The molecule has 1 N–H and O–H groups in total. The van der Waals surface area contributed by atoms with E-state index >= 15 is 0 Å². The van der Waals surface area contributed by atoms with Crippen LogP contribution in [0.3, 0.4) is 0 Å². The van der Waals surface area contributed by atoms with E-state index in [-0.39, 0.29) is 11.5 Å². The van der Waals surface area contributed by atoms with Crippen LogP contribution in [0.1, 0.15) is 22.8 Å². The van der Waals surface area contributed by atoms with E-state index in [1.165, 1.54) is 31.2 Å². The molecule has 0 aliphatic carbocycles. The number of amides is 1. The monoisotopic (exact) mass is 310 g/mol. The highest BCUT2D eigenvalue weighted by atomic mass is 16.6. The maximum atomic E-state index is 11.9. The number of nitrogens with zero attached hydrogens (tertiary/aromatic N) is 1. The van der Waals surface area contributed by atoms with E-state index in [9.17, 15) is 19.7 Å². The first-order valence-electron chi connectivity index (χ1n) is 6.80. The Hall–Kier alpha value is -3.28. The summed E-state index contributed by atoms with van der Waals surface area (Å²) >= 11 is 0. The minimum atomic E-state index is -0.495. The lowest BCUT2D eigenvalue weighted by Gasteiger charge is -2.03. The number of non-ortho nitro benzene ring substituents is 1. The number of benzene rings is 2. The maximum absolute atomic E-state index is 11.9. The zero-order chi connectivity index (χ0) is 16.8. The van der Waals surface area contributed by atoms with Gasteiger partial charge in [0.1, 0.15) is 0 Å². The number of Topliss-reactive ketones (excluding diaryl/α,β-unsaturated/α-hetero) is 1. The summed E-state index contributed by atoms with van der Waals surface area (Å²) in [5, 5.41) is 13.3. The minimum Gasteiger partial charge on any atom is -0.322 e. The van der Waals surface area contributed by atoms with Gasteiger partial charge in [-0.1, -0.05) is 24.3 Å². The van der Waals surface area contributed by atoms with Gasteiger partial charge in [0, 0.05) is 29.5 Å². The smallest absolute Gasteiger partial charge is 0.270 e. The number of anilines is 1. The van der Waals surface area contributed by atoms with Gasteiger partial charge in [0.25, 0.3) is 5.69 Å². The van der Waals surface area contributed by atoms with Gasteiger partial charge in [0.15, 0.2) is 5.78 Å². The van der Waals surface area contributed by atoms with Gasteiger partial charge in [0.2, 0.25) is 5.91 Å². The highest BCUT2D eigenvalue weighted by Gasteiger charge is 2.05. The fourth-order valence-corrected chi connectivity index (χ4v) is 1.91. The third-order valence-corrected chi connectivity index (χ3v) is 3.04. The fraction of sp³-hybridized carbons (Fsp3) is 0.0588. The zero-order valence-electron chi connectivity index (χ0n) is 12.4. The lowest BCUT2D eigenvalue weighted by Crippen LogP contribution is -2.08. The zero-order valence-corrected chi connectivity index (χ0v) is 12.4. The summed E-state index contributed by atoms with van der Waals surface area (Å²) in [5.41, 5.74) is 1.52. The first-order chi connectivity index (χ1) is 11.0. The molecular formula is C17H14N2O4. The van der Waals surface area contributed by atoms with Crippen molar-refractivity contribution in [3.8, 4) is 0 Å². The third kappa shape index (κ3) is 4.60. The summed E-state index contributed by atoms with van der Waals surface area (Å²) in [6.07, 6.45) is 2.76. The van der Waals surface area contributed by atoms with Crippen LogP contribution in [0, 0.1) is 10.1 Å². The number of hydrogen-bond donors (Lipinski definition) is 1. The number of hydrogen-bond acceptors (Lipinski definition) is 4. The maximum Gasteiger partial charge on any atom is 0.270 e. The van der Waals surface area contributed by atoms with Crippen LogP contribution in [-0.2, 0) is 4.79 Å². The number of rotatable bonds is 5. The van der Waals surface area contributed by atoms with E-state index in [1.807, 2.05) is 0 Å². The lowest BCUT2D eigenvalue weighted by molar-refractivity contribution is -0.384. The average Bonchev–Trinajstić information content (AvgIpc) is 2.53. The Morgan fingerprint density at radius 2 is 1.87 bits per heavy atom. The molecule has 0 aromatic heterocycles. The molecule has 0 saturated carbocycles. The van der Waals surface area contributed by atoms with Gasteiger partial charge >= 0.3 is 0 Å². The van der Waals surface area contributed by atoms with E-state index in [0.717, 1.165) is 0 Å². The molecule has 2 aromatic rings. The van der Waals surface area contributed by atoms with E-state index < -0.39 is 10.8 Å². The summed E-state index contributed by atoms with van der Waals surface area (Å²) in [6, 6.07) is 12.6. The van der Waals surface area contributed by atoms with Crippen LogP contribution in [0.4, 0.5) is 11.4 Å². The van der Waals surface area contributed by atoms with Gasteiger partial charge in [-0.2, -0.15) is 0 Å². The average molecular weight is 310 g/mol. The lowest BCUT2D eigenvalue weighted by atomic mass is 10.1. The molecule has 0 unspecified atom stereocenters. The molecule has 0 bridgehead atoms. The van der Waals surface area contributed by atoms with Gasteiger partial charge in [0.05, 0.1) is 4.92 Å². The quantitative estimate of drug-likeness (QED) is 0.396. The summed E-state index contributed by atoms with van der Waals surface area (Å²) in [4.78, 5) is 33.4. The van der Waals surface area contributed by atoms with Crippen molar-refractivity contribution in [2.45, 2.75) is 6.92 Å². The predicted octanol–water partition coefficient (Wildman–Crippen LogP) is 3.45. The molecule has 0 spiro atoms. The number of nitro groups is 1. The molecule has 6 nitrogen and oxygen atoms in total. The van der Waals surface area contributed by atoms with Crippen LogP contribution >= 0.6 is 0 Å². The molecule has 0 aliphatic rings. The van der Waals surface area contributed by atoms with Gasteiger partial charge in [-0.3, -0.25) is 19.7 Å². The molecule has 0 radical (unpaired) electrons. The van der Waals surface area contributed by atoms with Crippen LogP contribution in [0.5, 0.6) is 0 Å². The largest absolute Gasteiger partial charge is 0.322 e. The minimum absolute atomic E-state index is 0.0401. The second kappa shape index (κ2) is 7.13. The molecule has 23 heavy (non-hydrogen) atoms. The van der Waals surface area contributed by atoms with E-state index in [4.69, 9.17) is 0 Å². The van der Waals surface area contributed by atoms with Gasteiger partial charge < -0.3 is 5.32 Å². The normalized spacial score (nSPS) is 10.5. The van der Waals surface area contributed by atoms with E-state index in [2.05, 4.69) is 5.32 Å². The number of carbonyl (C=O) groups excluding carboxylic acids is 2. The molecule has 0 heterocycles. The third-order valence-electron chi connectivity index (χ3n) is 3.04. The van der Waals surface area contributed by atoms with Gasteiger partial charge in [-0.25, -0.2) is 0 Å². The number of nitro benzene ring substituents is 1. The van der Waals surface area contributed by atoms with E-state index in [1.54, 1.807) is 36.4 Å². The Labute approximate surface area is 132 Å². The molecule has 0 aliphatic heterocycles. The van der Waals surface area contributed by atoms with Crippen molar-refractivity contribution in [3.05, 3.63) is 75.8 Å². The van der Waals surface area contributed by atoms with Crippen molar-refractivity contribution >= 4 is 29.1 Å². The molecule has 0 saturated heterocycles. The highest BCUT2D eigenvalue weighted by molar-refractivity contribution is 6.03.